The van der Waals surface area contributed by atoms with Gasteiger partial charge in [-0.15, -0.1) is 0 Å². The zero-order chi connectivity index (χ0) is 42.2. The van der Waals surface area contributed by atoms with Crippen LogP contribution in [-0.2, 0) is 5.41 Å². The number of para-hydroxylation sites is 1. The lowest BCUT2D eigenvalue weighted by atomic mass is 9.67. The van der Waals surface area contributed by atoms with E-state index in [1.54, 1.807) is 0 Å². The van der Waals surface area contributed by atoms with Gasteiger partial charge in [-0.05, 0) is 86.3 Å². The zero-order valence-corrected chi connectivity index (χ0v) is 35.3. The summed E-state index contributed by atoms with van der Waals surface area (Å²) in [5.74, 6) is 1.87. The molecule has 298 valence electrons. The summed E-state index contributed by atoms with van der Waals surface area (Å²) in [6.07, 6.45) is 0. The SMILES string of the molecule is c1ccc(-c2cccc(-c3nc(-c4ccccc4)nc(-c4ccc(-c5nc6ccccc6c6cc7c(cc56)-c5ccccc5C75c6ccccc6Sc6ccccc65)cc4)n3)c2)cc1. The highest BCUT2D eigenvalue weighted by Crippen LogP contribution is 2.62. The lowest BCUT2D eigenvalue weighted by Crippen LogP contribution is -2.31. The Morgan fingerprint density at radius 3 is 1.55 bits per heavy atom. The summed E-state index contributed by atoms with van der Waals surface area (Å²) in [6.45, 7) is 0. The van der Waals surface area contributed by atoms with Gasteiger partial charge in [0, 0.05) is 42.8 Å². The van der Waals surface area contributed by atoms with E-state index in [1.807, 2.05) is 48.2 Å². The number of benzene rings is 9. The fraction of sp³-hybridized carbons (Fsp3) is 0.0169. The number of rotatable bonds is 5. The minimum atomic E-state index is -0.463. The van der Waals surface area contributed by atoms with Crippen molar-refractivity contribution in [2.45, 2.75) is 15.2 Å². The predicted octanol–water partition coefficient (Wildman–Crippen LogP) is 14.7. The van der Waals surface area contributed by atoms with Crippen molar-refractivity contribution in [1.29, 1.82) is 0 Å². The molecule has 2 aliphatic rings. The van der Waals surface area contributed by atoms with E-state index in [9.17, 15) is 0 Å². The van der Waals surface area contributed by atoms with Crippen LogP contribution in [0.2, 0.25) is 0 Å². The molecule has 5 heteroatoms. The second-order valence-corrected chi connectivity index (χ2v) is 17.6. The second kappa shape index (κ2) is 14.6. The van der Waals surface area contributed by atoms with Crippen LogP contribution >= 0.6 is 11.8 Å². The van der Waals surface area contributed by atoms with E-state index in [0.29, 0.717) is 17.5 Å². The van der Waals surface area contributed by atoms with Crippen molar-refractivity contribution >= 4 is 33.4 Å². The van der Waals surface area contributed by atoms with Crippen LogP contribution in [-0.4, -0.2) is 19.9 Å². The van der Waals surface area contributed by atoms with E-state index in [-0.39, 0.29) is 0 Å². The van der Waals surface area contributed by atoms with Crippen LogP contribution in [0.3, 0.4) is 0 Å². The maximum absolute atomic E-state index is 5.43. The van der Waals surface area contributed by atoms with Crippen molar-refractivity contribution in [2.24, 2.45) is 0 Å². The Kier molecular flexibility index (Phi) is 8.33. The topological polar surface area (TPSA) is 51.6 Å². The molecule has 0 saturated heterocycles. The normalized spacial score (nSPS) is 13.1. The first-order valence-electron chi connectivity index (χ1n) is 21.6. The number of hydrogen-bond acceptors (Lipinski definition) is 5. The molecule has 0 atom stereocenters. The zero-order valence-electron chi connectivity index (χ0n) is 34.5. The van der Waals surface area contributed by atoms with Gasteiger partial charge in [0.15, 0.2) is 17.5 Å². The minimum Gasteiger partial charge on any atom is -0.247 e. The summed E-state index contributed by atoms with van der Waals surface area (Å²) in [7, 11) is 0. The number of hydrogen-bond donors (Lipinski definition) is 0. The molecule has 11 aromatic rings. The molecule has 1 aliphatic heterocycles. The van der Waals surface area contributed by atoms with E-state index in [2.05, 4.69) is 182 Å². The Labute approximate surface area is 375 Å². The predicted molar refractivity (Wildman–Crippen MR) is 261 cm³/mol. The number of pyridine rings is 1. The highest BCUT2D eigenvalue weighted by atomic mass is 32.2. The van der Waals surface area contributed by atoms with Gasteiger partial charge in [0.2, 0.25) is 0 Å². The molecule has 13 rings (SSSR count). The molecular weight excluding hydrogens is 797 g/mol. The number of aromatic nitrogens is 4. The summed E-state index contributed by atoms with van der Waals surface area (Å²) in [5.41, 5.74) is 15.3. The largest absolute Gasteiger partial charge is 0.247 e. The molecular formula is C59H36N4S. The van der Waals surface area contributed by atoms with Crippen molar-refractivity contribution in [3.05, 3.63) is 241 Å². The van der Waals surface area contributed by atoms with Gasteiger partial charge in [-0.25, -0.2) is 19.9 Å². The van der Waals surface area contributed by atoms with Gasteiger partial charge in [0.1, 0.15) is 0 Å². The summed E-state index contributed by atoms with van der Waals surface area (Å²) < 4.78 is 0. The fourth-order valence-electron chi connectivity index (χ4n) is 10.1. The van der Waals surface area contributed by atoms with Crippen LogP contribution < -0.4 is 0 Å². The summed E-state index contributed by atoms with van der Waals surface area (Å²) >= 11 is 1.87. The maximum atomic E-state index is 5.43. The molecule has 9 aromatic carbocycles. The molecule has 0 amide bonds. The summed E-state index contributed by atoms with van der Waals surface area (Å²) in [4.78, 5) is 23.2. The summed E-state index contributed by atoms with van der Waals surface area (Å²) in [6, 6.07) is 78.0. The lowest BCUT2D eigenvalue weighted by Gasteiger charge is -2.39. The average molecular weight is 833 g/mol. The van der Waals surface area contributed by atoms with Gasteiger partial charge in [-0.2, -0.15) is 0 Å². The van der Waals surface area contributed by atoms with E-state index >= 15 is 0 Å². The van der Waals surface area contributed by atoms with Crippen LogP contribution in [0.5, 0.6) is 0 Å². The number of nitrogens with zero attached hydrogens (tertiary/aromatic N) is 4. The van der Waals surface area contributed by atoms with Crippen molar-refractivity contribution in [2.75, 3.05) is 0 Å². The molecule has 0 bridgehead atoms. The standard InChI is InChI=1S/C59H36N4S/c1-3-16-37(17-4-1)41-20-15-21-42(34-41)58-62-56(39-18-5-2-6-19-39)61-57(63-58)40-32-30-38(31-33-40)55-47-35-46-43-22-7-9-24-48(43)59(51(46)36-45(47)44-23-8-12-27-52(44)60-55)49-25-10-13-28-53(49)64-54-29-14-11-26-50(54)59/h1-36H. The van der Waals surface area contributed by atoms with E-state index in [1.165, 1.54) is 48.6 Å². The smallest absolute Gasteiger partial charge is 0.164 e. The van der Waals surface area contributed by atoms with Crippen LogP contribution in [0.4, 0.5) is 0 Å². The molecule has 0 N–H and O–H groups in total. The Bertz CT molecular complexity index is 3600. The molecule has 64 heavy (non-hydrogen) atoms. The Morgan fingerprint density at radius 2 is 0.828 bits per heavy atom. The van der Waals surface area contributed by atoms with Gasteiger partial charge in [0.25, 0.3) is 0 Å². The highest BCUT2D eigenvalue weighted by molar-refractivity contribution is 7.99. The monoisotopic (exact) mass is 832 g/mol. The third kappa shape index (κ3) is 5.64. The Morgan fingerprint density at radius 1 is 0.297 bits per heavy atom. The summed E-state index contributed by atoms with van der Waals surface area (Å²) in [5, 5.41) is 3.45. The van der Waals surface area contributed by atoms with Gasteiger partial charge < -0.3 is 0 Å². The first kappa shape index (κ1) is 36.6. The molecule has 4 nitrogen and oxygen atoms in total. The molecule has 2 aromatic heterocycles. The Hall–Kier alpha value is -7.99. The van der Waals surface area contributed by atoms with E-state index < -0.39 is 5.41 Å². The van der Waals surface area contributed by atoms with Crippen LogP contribution in [0, 0.1) is 0 Å². The van der Waals surface area contributed by atoms with Crippen LogP contribution in [0.25, 0.3) is 89.4 Å². The van der Waals surface area contributed by atoms with Gasteiger partial charge in [0.05, 0.1) is 16.6 Å². The second-order valence-electron chi connectivity index (χ2n) is 16.5. The van der Waals surface area contributed by atoms with Gasteiger partial charge in [-0.3, -0.25) is 0 Å². The molecule has 1 aliphatic carbocycles. The first-order valence-corrected chi connectivity index (χ1v) is 22.4. The van der Waals surface area contributed by atoms with Crippen molar-refractivity contribution in [1.82, 2.24) is 19.9 Å². The molecule has 0 fully saturated rings. The van der Waals surface area contributed by atoms with E-state index in [0.717, 1.165) is 55.4 Å². The average Bonchev–Trinajstić information content (AvgIpc) is 3.65. The number of fused-ring (bicyclic) bond motifs is 12. The molecule has 0 radical (unpaired) electrons. The highest BCUT2D eigenvalue weighted by Gasteiger charge is 2.50. The quantitative estimate of drug-likeness (QED) is 0.162. The molecule has 0 unspecified atom stereocenters. The lowest BCUT2D eigenvalue weighted by molar-refractivity contribution is 0.723. The molecule has 3 heterocycles. The third-order valence-corrected chi connectivity index (χ3v) is 14.1. The van der Waals surface area contributed by atoms with E-state index in [4.69, 9.17) is 19.9 Å². The first-order chi connectivity index (χ1) is 31.7. The maximum Gasteiger partial charge on any atom is 0.164 e. The third-order valence-electron chi connectivity index (χ3n) is 13.0. The fourth-order valence-corrected chi connectivity index (χ4v) is 11.3. The van der Waals surface area contributed by atoms with Crippen LogP contribution in [0.1, 0.15) is 22.3 Å². The van der Waals surface area contributed by atoms with Crippen LogP contribution in [0.15, 0.2) is 228 Å². The van der Waals surface area contributed by atoms with Crippen molar-refractivity contribution < 1.29 is 0 Å². The van der Waals surface area contributed by atoms with Gasteiger partial charge in [-0.1, -0.05) is 194 Å². The van der Waals surface area contributed by atoms with Crippen molar-refractivity contribution in [3.8, 4) is 67.7 Å². The van der Waals surface area contributed by atoms with Crippen molar-refractivity contribution in [3.63, 3.8) is 0 Å². The molecule has 1 spiro atoms. The van der Waals surface area contributed by atoms with Gasteiger partial charge >= 0.3 is 0 Å². The molecule has 0 saturated carbocycles. The Balaban J connectivity index is 0.986. The minimum absolute atomic E-state index is 0.463.